The number of nitrogens with zero attached hydrogens (tertiary/aromatic N) is 3. The molecule has 2 heterocycles. The van der Waals surface area contributed by atoms with E-state index < -0.39 is 10.0 Å². The summed E-state index contributed by atoms with van der Waals surface area (Å²) in [6.07, 6.45) is 1.36. The second-order valence-corrected chi connectivity index (χ2v) is 9.11. The summed E-state index contributed by atoms with van der Waals surface area (Å²) < 4.78 is 26.8. The molecule has 0 N–H and O–H groups in total. The van der Waals surface area contributed by atoms with E-state index in [1.807, 2.05) is 6.07 Å². The number of aromatic nitrogens is 1. The minimum Gasteiger partial charge on any atom is -0.340 e. The van der Waals surface area contributed by atoms with Crippen LogP contribution in [0.1, 0.15) is 5.56 Å². The average molecular weight is 449 g/mol. The number of rotatable bonds is 4. The van der Waals surface area contributed by atoms with Crippen molar-refractivity contribution >= 4 is 50.7 Å². The van der Waals surface area contributed by atoms with Gasteiger partial charge in [0.2, 0.25) is 15.9 Å². The van der Waals surface area contributed by atoms with E-state index in [0.29, 0.717) is 18.1 Å². The van der Waals surface area contributed by atoms with E-state index in [1.54, 1.807) is 23.1 Å². The molecule has 0 saturated carbocycles. The van der Waals surface area contributed by atoms with Gasteiger partial charge in [0.25, 0.3) is 0 Å². The van der Waals surface area contributed by atoms with Crippen molar-refractivity contribution in [3.63, 3.8) is 0 Å². The highest BCUT2D eigenvalue weighted by Gasteiger charge is 2.30. The van der Waals surface area contributed by atoms with Crippen molar-refractivity contribution < 1.29 is 13.2 Å². The van der Waals surface area contributed by atoms with Crippen LogP contribution >= 0.6 is 34.8 Å². The van der Waals surface area contributed by atoms with Gasteiger partial charge in [-0.25, -0.2) is 13.4 Å². The molecule has 10 heteroatoms. The van der Waals surface area contributed by atoms with Gasteiger partial charge in [0.15, 0.2) is 0 Å². The fraction of sp³-hybridized carbons (Fsp3) is 0.294. The second kappa shape index (κ2) is 8.32. The molecule has 1 aliphatic rings. The van der Waals surface area contributed by atoms with E-state index in [9.17, 15) is 13.2 Å². The predicted octanol–water partition coefficient (Wildman–Crippen LogP) is 3.12. The van der Waals surface area contributed by atoms with Crippen LogP contribution in [0.2, 0.25) is 15.2 Å². The predicted molar refractivity (Wildman–Crippen MR) is 105 cm³/mol. The number of amides is 1. The van der Waals surface area contributed by atoms with Gasteiger partial charge in [0.05, 0.1) is 11.4 Å². The number of pyridine rings is 1. The van der Waals surface area contributed by atoms with Crippen LogP contribution in [-0.4, -0.2) is 54.7 Å². The number of benzene rings is 1. The summed E-state index contributed by atoms with van der Waals surface area (Å²) in [6.45, 7) is 0.988. The quantitative estimate of drug-likeness (QED) is 0.674. The van der Waals surface area contributed by atoms with E-state index in [0.717, 1.165) is 5.56 Å². The molecule has 1 saturated heterocycles. The second-order valence-electron chi connectivity index (χ2n) is 6.00. The fourth-order valence-corrected chi connectivity index (χ4v) is 4.72. The zero-order chi connectivity index (χ0) is 19.6. The monoisotopic (exact) mass is 447 g/mol. The lowest BCUT2D eigenvalue weighted by atomic mass is 10.1. The van der Waals surface area contributed by atoms with E-state index in [1.165, 1.54) is 16.6 Å². The van der Waals surface area contributed by atoms with Gasteiger partial charge in [-0.3, -0.25) is 4.79 Å². The van der Waals surface area contributed by atoms with Crippen molar-refractivity contribution in [2.75, 3.05) is 26.2 Å². The van der Waals surface area contributed by atoms with E-state index in [4.69, 9.17) is 34.8 Å². The van der Waals surface area contributed by atoms with Crippen molar-refractivity contribution in [1.29, 1.82) is 0 Å². The third kappa shape index (κ3) is 4.55. The molecule has 1 aromatic heterocycles. The third-order valence-corrected chi connectivity index (χ3v) is 7.22. The molecular weight excluding hydrogens is 433 g/mol. The first-order valence-corrected chi connectivity index (χ1v) is 10.7. The molecule has 6 nitrogen and oxygen atoms in total. The summed E-state index contributed by atoms with van der Waals surface area (Å²) >= 11 is 17.7. The van der Waals surface area contributed by atoms with E-state index in [-0.39, 0.29) is 40.5 Å². The van der Waals surface area contributed by atoms with Gasteiger partial charge in [-0.05, 0) is 17.7 Å². The molecule has 1 fully saturated rings. The molecule has 0 spiro atoms. The highest BCUT2D eigenvalue weighted by atomic mass is 35.5. The van der Waals surface area contributed by atoms with Crippen LogP contribution in [0.4, 0.5) is 0 Å². The van der Waals surface area contributed by atoms with E-state index in [2.05, 4.69) is 4.98 Å². The number of hydrogen-bond donors (Lipinski definition) is 0. The normalized spacial score (nSPS) is 15.7. The van der Waals surface area contributed by atoms with Crippen LogP contribution in [0, 0.1) is 0 Å². The lowest BCUT2D eigenvalue weighted by Gasteiger charge is -2.34. The minimum atomic E-state index is -3.75. The minimum absolute atomic E-state index is 0.0206. The summed E-state index contributed by atoms with van der Waals surface area (Å²) in [5, 5.41) is 0.663. The first-order valence-electron chi connectivity index (χ1n) is 8.11. The van der Waals surface area contributed by atoms with Crippen LogP contribution < -0.4 is 0 Å². The topological polar surface area (TPSA) is 70.6 Å². The highest BCUT2D eigenvalue weighted by Crippen LogP contribution is 2.25. The van der Waals surface area contributed by atoms with Crippen molar-refractivity contribution in [3.05, 3.63) is 57.3 Å². The Morgan fingerprint density at radius 2 is 1.70 bits per heavy atom. The number of carbonyl (C=O) groups is 1. The van der Waals surface area contributed by atoms with Gasteiger partial charge in [-0.2, -0.15) is 4.31 Å². The van der Waals surface area contributed by atoms with Crippen LogP contribution in [0.5, 0.6) is 0 Å². The Morgan fingerprint density at radius 3 is 2.33 bits per heavy atom. The lowest BCUT2D eigenvalue weighted by Crippen LogP contribution is -2.50. The summed E-state index contributed by atoms with van der Waals surface area (Å²) in [4.78, 5) is 17.9. The lowest BCUT2D eigenvalue weighted by molar-refractivity contribution is -0.131. The van der Waals surface area contributed by atoms with Gasteiger partial charge < -0.3 is 4.90 Å². The molecule has 144 valence electrons. The number of carbonyl (C=O) groups excluding carboxylic acids is 1. The van der Waals surface area contributed by atoms with Crippen molar-refractivity contribution in [3.8, 4) is 0 Å². The Bertz CT molecular complexity index is 961. The smallest absolute Gasteiger partial charge is 0.244 e. The molecule has 3 rings (SSSR count). The zero-order valence-corrected chi connectivity index (χ0v) is 17.2. The SMILES string of the molecule is O=C(Cc1ccccc1Cl)N1CCN(S(=O)(=O)c2cnc(Cl)c(Cl)c2)CC1. The van der Waals surface area contributed by atoms with Crippen molar-refractivity contribution in [2.45, 2.75) is 11.3 Å². The molecule has 1 amide bonds. The summed E-state index contributed by atoms with van der Waals surface area (Å²) in [7, 11) is -3.75. The molecule has 0 unspecified atom stereocenters. The average Bonchev–Trinajstić information content (AvgIpc) is 2.65. The first-order chi connectivity index (χ1) is 12.8. The number of piperazine rings is 1. The Kier molecular flexibility index (Phi) is 6.28. The first kappa shape index (κ1) is 20.4. The standard InChI is InChI=1S/C17H16Cl3N3O3S/c18-14-4-2-1-3-12(14)9-16(24)22-5-7-23(8-6-22)27(25,26)13-10-15(19)17(20)21-11-13/h1-4,10-11H,5-9H2. The van der Waals surface area contributed by atoms with Gasteiger partial charge in [0, 0.05) is 37.4 Å². The molecule has 1 aromatic carbocycles. The van der Waals surface area contributed by atoms with Crippen LogP contribution in [0.15, 0.2) is 41.4 Å². The van der Waals surface area contributed by atoms with E-state index >= 15 is 0 Å². The Balaban J connectivity index is 1.65. The van der Waals surface area contributed by atoms with Crippen LogP contribution in [-0.2, 0) is 21.2 Å². The summed E-state index contributed by atoms with van der Waals surface area (Å²) in [6, 6.07) is 8.45. The maximum Gasteiger partial charge on any atom is 0.244 e. The summed E-state index contributed by atoms with van der Waals surface area (Å²) in [5.74, 6) is -0.0867. The number of hydrogen-bond acceptors (Lipinski definition) is 4. The van der Waals surface area contributed by atoms with Gasteiger partial charge in [0.1, 0.15) is 10.0 Å². The Morgan fingerprint density at radius 1 is 1.04 bits per heavy atom. The zero-order valence-electron chi connectivity index (χ0n) is 14.1. The van der Waals surface area contributed by atoms with Gasteiger partial charge in [-0.1, -0.05) is 53.0 Å². The Hall–Kier alpha value is -1.38. The fourth-order valence-electron chi connectivity index (χ4n) is 2.79. The maximum absolute atomic E-state index is 12.7. The van der Waals surface area contributed by atoms with Crippen LogP contribution in [0.25, 0.3) is 0 Å². The molecule has 0 radical (unpaired) electrons. The Labute approximate surface area is 172 Å². The largest absolute Gasteiger partial charge is 0.340 e. The number of sulfonamides is 1. The molecule has 0 atom stereocenters. The van der Waals surface area contributed by atoms with Crippen LogP contribution in [0.3, 0.4) is 0 Å². The maximum atomic E-state index is 12.7. The molecule has 0 bridgehead atoms. The molecule has 1 aliphatic heterocycles. The van der Waals surface area contributed by atoms with Gasteiger partial charge >= 0.3 is 0 Å². The van der Waals surface area contributed by atoms with Gasteiger partial charge in [-0.15, -0.1) is 0 Å². The highest BCUT2D eigenvalue weighted by molar-refractivity contribution is 7.89. The molecule has 27 heavy (non-hydrogen) atoms. The molecule has 0 aliphatic carbocycles. The molecule has 2 aromatic rings. The third-order valence-electron chi connectivity index (χ3n) is 4.30. The molecular formula is C17H16Cl3N3O3S. The van der Waals surface area contributed by atoms with Crippen molar-refractivity contribution in [1.82, 2.24) is 14.2 Å². The summed E-state index contributed by atoms with van der Waals surface area (Å²) in [5.41, 5.74) is 0.751. The number of halogens is 3. The van der Waals surface area contributed by atoms with Crippen molar-refractivity contribution in [2.24, 2.45) is 0 Å².